The quantitative estimate of drug-likeness (QED) is 0.741. The van der Waals surface area contributed by atoms with Gasteiger partial charge in [-0.25, -0.2) is 4.79 Å². The Kier molecular flexibility index (Phi) is 3.36. The second-order valence-electron chi connectivity index (χ2n) is 4.93. The first-order valence-electron chi connectivity index (χ1n) is 6.44. The van der Waals surface area contributed by atoms with Gasteiger partial charge in [0.15, 0.2) is 5.58 Å². The van der Waals surface area contributed by atoms with Gasteiger partial charge in [-0.15, -0.1) is 11.6 Å². The van der Waals surface area contributed by atoms with E-state index in [1.54, 1.807) is 0 Å². The molecular weight excluding hydrogens is 274 g/mol. The zero-order valence-corrected chi connectivity index (χ0v) is 11.8. The second-order valence-corrected chi connectivity index (χ2v) is 5.45. The normalized spacial score (nSPS) is 12.7. The van der Waals surface area contributed by atoms with E-state index in [0.29, 0.717) is 11.1 Å². The van der Waals surface area contributed by atoms with Gasteiger partial charge in [0, 0.05) is 0 Å². The minimum Gasteiger partial charge on any atom is -0.408 e. The van der Waals surface area contributed by atoms with Crippen LogP contribution in [0.15, 0.2) is 51.7 Å². The Bertz CT molecular complexity index is 786. The molecule has 1 atom stereocenters. The Balaban J connectivity index is 1.85. The van der Waals surface area contributed by atoms with E-state index >= 15 is 0 Å². The van der Waals surface area contributed by atoms with Crippen LogP contribution in [0.3, 0.4) is 0 Å². The maximum atomic E-state index is 11.1. The van der Waals surface area contributed by atoms with Gasteiger partial charge in [-0.05, 0) is 36.6 Å². The molecule has 0 spiro atoms. The van der Waals surface area contributed by atoms with Gasteiger partial charge < -0.3 is 4.42 Å². The van der Waals surface area contributed by atoms with Crippen molar-refractivity contribution in [3.8, 4) is 0 Å². The van der Waals surface area contributed by atoms with Crippen molar-refractivity contribution in [2.45, 2.75) is 18.7 Å². The van der Waals surface area contributed by atoms with Crippen molar-refractivity contribution in [2.24, 2.45) is 0 Å². The first kappa shape index (κ1) is 13.0. The predicted octanol–water partition coefficient (Wildman–Crippen LogP) is 3.95. The molecule has 0 aliphatic rings. The van der Waals surface area contributed by atoms with Crippen LogP contribution in [0.4, 0.5) is 0 Å². The number of nitrogens with one attached hydrogen (secondary N) is 1. The van der Waals surface area contributed by atoms with E-state index in [1.165, 1.54) is 11.1 Å². The highest BCUT2D eigenvalue weighted by Gasteiger charge is 2.11. The highest BCUT2D eigenvalue weighted by Crippen LogP contribution is 2.27. The van der Waals surface area contributed by atoms with Crippen LogP contribution < -0.4 is 5.76 Å². The molecule has 1 aromatic heterocycles. The smallest absolute Gasteiger partial charge is 0.408 e. The van der Waals surface area contributed by atoms with Crippen LogP contribution in [0.1, 0.15) is 22.1 Å². The summed E-state index contributed by atoms with van der Waals surface area (Å²) in [5, 5.41) is -0.151. The molecular formula is C16H14ClNO2. The molecule has 102 valence electrons. The molecule has 0 aliphatic heterocycles. The topological polar surface area (TPSA) is 46.0 Å². The number of fused-ring (bicyclic) bond motifs is 1. The van der Waals surface area contributed by atoms with Crippen LogP contribution in [-0.2, 0) is 6.42 Å². The zero-order valence-electron chi connectivity index (χ0n) is 11.0. The number of halogens is 1. The summed E-state index contributed by atoms with van der Waals surface area (Å²) < 4.78 is 5.05. The first-order chi connectivity index (χ1) is 9.61. The van der Waals surface area contributed by atoms with Crippen molar-refractivity contribution in [3.05, 3.63) is 69.7 Å². The fourth-order valence-corrected chi connectivity index (χ4v) is 2.52. The van der Waals surface area contributed by atoms with Gasteiger partial charge >= 0.3 is 5.76 Å². The van der Waals surface area contributed by atoms with Gasteiger partial charge in [0.25, 0.3) is 0 Å². The number of benzene rings is 2. The summed E-state index contributed by atoms with van der Waals surface area (Å²) in [6.07, 6.45) is 0.738. The molecule has 1 heterocycles. The van der Waals surface area contributed by atoms with E-state index < -0.39 is 5.76 Å². The number of oxazole rings is 1. The number of aromatic amines is 1. The summed E-state index contributed by atoms with van der Waals surface area (Å²) in [6.45, 7) is 2.06. The van der Waals surface area contributed by atoms with Crippen LogP contribution in [-0.4, -0.2) is 4.98 Å². The maximum absolute atomic E-state index is 11.1. The first-order valence-corrected chi connectivity index (χ1v) is 6.88. The summed E-state index contributed by atoms with van der Waals surface area (Å²) in [6, 6.07) is 13.9. The standard InChI is InChI=1S/C16H14ClNO2/c1-10-2-4-11(5-3-10)8-13(17)12-6-7-14-15(9-12)20-16(19)18-14/h2-7,9,13H,8H2,1H3,(H,18,19). The lowest BCUT2D eigenvalue weighted by atomic mass is 10.0. The van der Waals surface area contributed by atoms with Crippen molar-refractivity contribution < 1.29 is 4.42 Å². The van der Waals surface area contributed by atoms with Gasteiger partial charge in [-0.3, -0.25) is 4.98 Å². The van der Waals surface area contributed by atoms with Gasteiger partial charge in [-0.2, -0.15) is 0 Å². The molecule has 0 saturated carbocycles. The third-order valence-electron chi connectivity index (χ3n) is 3.34. The van der Waals surface area contributed by atoms with E-state index in [4.69, 9.17) is 16.0 Å². The van der Waals surface area contributed by atoms with Crippen LogP contribution in [0.25, 0.3) is 11.1 Å². The van der Waals surface area contributed by atoms with Gasteiger partial charge in [0.2, 0.25) is 0 Å². The van der Waals surface area contributed by atoms with E-state index in [1.807, 2.05) is 18.2 Å². The predicted molar refractivity (Wildman–Crippen MR) is 80.3 cm³/mol. The van der Waals surface area contributed by atoms with Gasteiger partial charge in [-0.1, -0.05) is 35.9 Å². The third-order valence-corrected chi connectivity index (χ3v) is 3.75. The van der Waals surface area contributed by atoms with Crippen molar-refractivity contribution >= 4 is 22.7 Å². The van der Waals surface area contributed by atoms with Crippen molar-refractivity contribution in [3.63, 3.8) is 0 Å². The average molecular weight is 288 g/mol. The lowest BCUT2D eigenvalue weighted by Gasteiger charge is -2.10. The Hall–Kier alpha value is -2.00. The molecule has 4 heteroatoms. The molecule has 3 nitrogen and oxygen atoms in total. The summed E-state index contributed by atoms with van der Waals surface area (Å²) in [5.41, 5.74) is 4.60. The Morgan fingerprint density at radius 1 is 1.20 bits per heavy atom. The zero-order chi connectivity index (χ0) is 14.1. The number of hydrogen-bond acceptors (Lipinski definition) is 2. The van der Waals surface area contributed by atoms with E-state index in [2.05, 4.69) is 36.2 Å². The number of rotatable bonds is 3. The van der Waals surface area contributed by atoms with E-state index in [0.717, 1.165) is 12.0 Å². The molecule has 0 amide bonds. The lowest BCUT2D eigenvalue weighted by molar-refractivity contribution is 0.555. The monoisotopic (exact) mass is 287 g/mol. The highest BCUT2D eigenvalue weighted by atomic mass is 35.5. The molecule has 2 aromatic carbocycles. The SMILES string of the molecule is Cc1ccc(CC(Cl)c2ccc3[nH]c(=O)oc3c2)cc1. The van der Waals surface area contributed by atoms with Crippen LogP contribution in [0.5, 0.6) is 0 Å². The molecule has 0 fully saturated rings. The summed E-state index contributed by atoms with van der Waals surface area (Å²) in [4.78, 5) is 13.8. The molecule has 0 saturated heterocycles. The average Bonchev–Trinajstić information content (AvgIpc) is 2.80. The van der Waals surface area contributed by atoms with Crippen LogP contribution in [0, 0.1) is 6.92 Å². The fraction of sp³-hybridized carbons (Fsp3) is 0.188. The minimum absolute atomic E-state index is 0.151. The van der Waals surface area contributed by atoms with Crippen molar-refractivity contribution in [1.29, 1.82) is 0 Å². The van der Waals surface area contributed by atoms with Crippen LogP contribution >= 0.6 is 11.6 Å². The molecule has 0 bridgehead atoms. The second kappa shape index (κ2) is 5.17. The number of aryl methyl sites for hydroxylation is 1. The summed E-state index contributed by atoms with van der Waals surface area (Å²) in [7, 11) is 0. The molecule has 1 unspecified atom stereocenters. The van der Waals surface area contributed by atoms with Crippen molar-refractivity contribution in [1.82, 2.24) is 4.98 Å². The summed E-state index contributed by atoms with van der Waals surface area (Å²) >= 11 is 6.46. The van der Waals surface area contributed by atoms with Crippen LogP contribution in [0.2, 0.25) is 0 Å². The molecule has 20 heavy (non-hydrogen) atoms. The number of alkyl halides is 1. The highest BCUT2D eigenvalue weighted by molar-refractivity contribution is 6.21. The third kappa shape index (κ3) is 2.63. The number of aromatic nitrogens is 1. The van der Waals surface area contributed by atoms with Crippen molar-refractivity contribution in [2.75, 3.05) is 0 Å². The van der Waals surface area contributed by atoms with E-state index in [-0.39, 0.29) is 5.38 Å². The fourth-order valence-electron chi connectivity index (χ4n) is 2.21. The number of H-pyrrole nitrogens is 1. The molecule has 3 aromatic rings. The minimum atomic E-state index is -0.443. The Morgan fingerprint density at radius 3 is 2.70 bits per heavy atom. The Labute approximate surface area is 121 Å². The summed E-state index contributed by atoms with van der Waals surface area (Å²) in [5.74, 6) is -0.443. The van der Waals surface area contributed by atoms with E-state index in [9.17, 15) is 4.79 Å². The Morgan fingerprint density at radius 2 is 1.95 bits per heavy atom. The van der Waals surface area contributed by atoms with Gasteiger partial charge in [0.05, 0.1) is 10.9 Å². The molecule has 1 N–H and O–H groups in total. The molecule has 0 radical (unpaired) electrons. The lowest BCUT2D eigenvalue weighted by Crippen LogP contribution is -1.95. The maximum Gasteiger partial charge on any atom is 0.417 e. The molecule has 0 aliphatic carbocycles. The number of hydrogen-bond donors (Lipinski definition) is 1. The molecule has 3 rings (SSSR count). The largest absolute Gasteiger partial charge is 0.417 e. The van der Waals surface area contributed by atoms with Gasteiger partial charge in [0.1, 0.15) is 0 Å².